The van der Waals surface area contributed by atoms with Gasteiger partial charge in [0.05, 0.1) is 16.3 Å². The molecular weight excluding hydrogens is 417 g/mol. The predicted octanol–water partition coefficient (Wildman–Crippen LogP) is 3.58. The molecule has 0 saturated carbocycles. The summed E-state index contributed by atoms with van der Waals surface area (Å²) in [4.78, 5) is 14.7. The first-order valence-corrected chi connectivity index (χ1v) is 11.0. The number of anilines is 2. The van der Waals surface area contributed by atoms with E-state index in [9.17, 15) is 17.6 Å². The molecule has 1 fully saturated rings. The van der Waals surface area contributed by atoms with Gasteiger partial charge in [0, 0.05) is 38.1 Å². The van der Waals surface area contributed by atoms with Gasteiger partial charge in [0.2, 0.25) is 15.9 Å². The zero-order valence-corrected chi connectivity index (χ0v) is 17.8. The molecule has 156 valence electrons. The summed E-state index contributed by atoms with van der Waals surface area (Å²) >= 11 is 6.06. The minimum absolute atomic E-state index is 0.0522. The van der Waals surface area contributed by atoms with Crippen LogP contribution in [0.4, 0.5) is 15.8 Å². The molecule has 29 heavy (non-hydrogen) atoms. The third-order valence-corrected chi connectivity index (χ3v) is 7.12. The molecule has 2 aromatic rings. The minimum Gasteiger partial charge on any atom is -0.376 e. The molecule has 1 heterocycles. The van der Waals surface area contributed by atoms with Gasteiger partial charge < -0.3 is 10.2 Å². The molecule has 0 bridgehead atoms. The van der Waals surface area contributed by atoms with Crippen molar-refractivity contribution in [3.63, 3.8) is 0 Å². The second-order valence-corrected chi connectivity index (χ2v) is 9.55. The molecule has 1 N–H and O–H groups in total. The van der Waals surface area contributed by atoms with Crippen LogP contribution in [0.2, 0.25) is 5.02 Å². The lowest BCUT2D eigenvalue weighted by molar-refractivity contribution is -0.120. The standard InChI is InChI=1S/C20H23ClFN3O3S/c1-24(2)19-8-3-15(21)13-18(19)23-20(26)14-9-11-25(12-10-14)29(27,28)17-6-4-16(22)5-7-17/h3-8,13-14H,9-12H2,1-2H3,(H,23,26). The summed E-state index contributed by atoms with van der Waals surface area (Å²) in [5.74, 6) is -0.949. The fourth-order valence-electron chi connectivity index (χ4n) is 3.35. The molecule has 0 aromatic heterocycles. The maximum Gasteiger partial charge on any atom is 0.243 e. The maximum absolute atomic E-state index is 13.1. The van der Waals surface area contributed by atoms with Crippen molar-refractivity contribution in [3.8, 4) is 0 Å². The quantitative estimate of drug-likeness (QED) is 0.773. The Morgan fingerprint density at radius 2 is 1.76 bits per heavy atom. The Bertz CT molecular complexity index is 989. The topological polar surface area (TPSA) is 69.7 Å². The number of sulfonamides is 1. The molecule has 0 radical (unpaired) electrons. The lowest BCUT2D eigenvalue weighted by Crippen LogP contribution is -2.41. The highest BCUT2D eigenvalue weighted by molar-refractivity contribution is 7.89. The normalized spacial score (nSPS) is 15.9. The van der Waals surface area contributed by atoms with Gasteiger partial charge in [-0.2, -0.15) is 4.31 Å². The van der Waals surface area contributed by atoms with Gasteiger partial charge in [-0.1, -0.05) is 11.6 Å². The fourth-order valence-corrected chi connectivity index (χ4v) is 4.99. The van der Waals surface area contributed by atoms with Crippen LogP contribution in [0.25, 0.3) is 0 Å². The summed E-state index contributed by atoms with van der Waals surface area (Å²) in [6.07, 6.45) is 0.814. The van der Waals surface area contributed by atoms with Crippen molar-refractivity contribution in [3.05, 3.63) is 53.3 Å². The highest BCUT2D eigenvalue weighted by atomic mass is 35.5. The highest BCUT2D eigenvalue weighted by Crippen LogP contribution is 2.30. The number of amides is 1. The summed E-state index contributed by atoms with van der Waals surface area (Å²) in [6.45, 7) is 0.460. The minimum atomic E-state index is -3.70. The lowest BCUT2D eigenvalue weighted by atomic mass is 9.97. The number of carbonyl (C=O) groups is 1. The Morgan fingerprint density at radius 1 is 1.14 bits per heavy atom. The number of carbonyl (C=O) groups excluding carboxylic acids is 1. The molecule has 0 aliphatic carbocycles. The van der Waals surface area contributed by atoms with E-state index in [2.05, 4.69) is 5.32 Å². The molecular formula is C20H23ClFN3O3S. The van der Waals surface area contributed by atoms with E-state index in [0.717, 1.165) is 17.8 Å². The molecule has 1 saturated heterocycles. The Labute approximate surface area is 175 Å². The molecule has 6 nitrogen and oxygen atoms in total. The van der Waals surface area contributed by atoms with E-state index in [-0.39, 0.29) is 29.8 Å². The third-order valence-electron chi connectivity index (χ3n) is 4.97. The molecule has 1 aliphatic rings. The van der Waals surface area contributed by atoms with Gasteiger partial charge in [-0.25, -0.2) is 12.8 Å². The number of hydrogen-bond acceptors (Lipinski definition) is 4. The van der Waals surface area contributed by atoms with E-state index in [1.54, 1.807) is 12.1 Å². The number of rotatable bonds is 5. The average Bonchev–Trinajstić information content (AvgIpc) is 2.68. The van der Waals surface area contributed by atoms with Crippen molar-refractivity contribution in [2.75, 3.05) is 37.4 Å². The molecule has 1 amide bonds. The lowest BCUT2D eigenvalue weighted by Gasteiger charge is -2.31. The van der Waals surface area contributed by atoms with Gasteiger partial charge in [0.25, 0.3) is 0 Å². The van der Waals surface area contributed by atoms with Crippen molar-refractivity contribution < 1.29 is 17.6 Å². The number of hydrogen-bond donors (Lipinski definition) is 1. The summed E-state index contributed by atoms with van der Waals surface area (Å²) in [5.41, 5.74) is 1.45. The SMILES string of the molecule is CN(C)c1ccc(Cl)cc1NC(=O)C1CCN(S(=O)(=O)c2ccc(F)cc2)CC1. The summed E-state index contributed by atoms with van der Waals surface area (Å²) in [5, 5.41) is 3.44. The third kappa shape index (κ3) is 4.88. The van der Waals surface area contributed by atoms with Gasteiger partial charge in [-0.3, -0.25) is 4.79 Å². The van der Waals surface area contributed by atoms with Crippen molar-refractivity contribution in [1.29, 1.82) is 0 Å². The first-order valence-electron chi connectivity index (χ1n) is 9.22. The van der Waals surface area contributed by atoms with E-state index in [1.165, 1.54) is 16.4 Å². The zero-order valence-electron chi connectivity index (χ0n) is 16.2. The maximum atomic E-state index is 13.1. The number of nitrogens with one attached hydrogen (secondary N) is 1. The Kier molecular flexibility index (Phi) is 6.45. The Balaban J connectivity index is 1.66. The van der Waals surface area contributed by atoms with Gasteiger partial charge in [0.1, 0.15) is 5.82 Å². The van der Waals surface area contributed by atoms with Crippen LogP contribution in [0.3, 0.4) is 0 Å². The molecule has 0 unspecified atom stereocenters. The molecule has 0 atom stereocenters. The van der Waals surface area contributed by atoms with Crippen LogP contribution in [-0.4, -0.2) is 45.8 Å². The molecule has 0 spiro atoms. The molecule has 3 rings (SSSR count). The van der Waals surface area contributed by atoms with Crippen LogP contribution in [0, 0.1) is 11.7 Å². The Morgan fingerprint density at radius 3 is 2.34 bits per heavy atom. The molecule has 9 heteroatoms. The van der Waals surface area contributed by atoms with Crippen molar-refractivity contribution >= 4 is 38.9 Å². The van der Waals surface area contributed by atoms with Crippen LogP contribution in [0.5, 0.6) is 0 Å². The number of piperidine rings is 1. The van der Waals surface area contributed by atoms with E-state index in [1.807, 2.05) is 25.1 Å². The monoisotopic (exact) mass is 439 g/mol. The van der Waals surface area contributed by atoms with Gasteiger partial charge in [0.15, 0.2) is 0 Å². The second-order valence-electron chi connectivity index (χ2n) is 7.18. The van der Waals surface area contributed by atoms with Crippen molar-refractivity contribution in [2.45, 2.75) is 17.7 Å². The highest BCUT2D eigenvalue weighted by Gasteiger charge is 2.32. The van der Waals surface area contributed by atoms with Gasteiger partial charge >= 0.3 is 0 Å². The van der Waals surface area contributed by atoms with E-state index in [0.29, 0.717) is 23.6 Å². The zero-order chi connectivity index (χ0) is 21.2. The van der Waals surface area contributed by atoms with Crippen molar-refractivity contribution in [2.24, 2.45) is 5.92 Å². The average molecular weight is 440 g/mol. The first kappa shape index (κ1) is 21.5. The van der Waals surface area contributed by atoms with Gasteiger partial charge in [-0.15, -0.1) is 0 Å². The molecule has 2 aromatic carbocycles. The van der Waals surface area contributed by atoms with E-state index < -0.39 is 15.8 Å². The smallest absolute Gasteiger partial charge is 0.243 e. The summed E-state index contributed by atoms with van der Waals surface area (Å²) in [6, 6.07) is 10.0. The predicted molar refractivity (Wildman–Crippen MR) is 112 cm³/mol. The van der Waals surface area contributed by atoms with Gasteiger partial charge in [-0.05, 0) is 55.3 Å². The fraction of sp³-hybridized carbons (Fsp3) is 0.350. The largest absolute Gasteiger partial charge is 0.376 e. The van der Waals surface area contributed by atoms with Crippen LogP contribution in [0.1, 0.15) is 12.8 Å². The van der Waals surface area contributed by atoms with Crippen LogP contribution >= 0.6 is 11.6 Å². The summed E-state index contributed by atoms with van der Waals surface area (Å²) < 4.78 is 39.8. The van der Waals surface area contributed by atoms with E-state index in [4.69, 9.17) is 11.6 Å². The number of halogens is 2. The van der Waals surface area contributed by atoms with Crippen LogP contribution in [0.15, 0.2) is 47.4 Å². The first-order chi connectivity index (χ1) is 13.7. The number of benzene rings is 2. The van der Waals surface area contributed by atoms with Crippen molar-refractivity contribution in [1.82, 2.24) is 4.31 Å². The van der Waals surface area contributed by atoms with E-state index >= 15 is 0 Å². The number of nitrogens with zero attached hydrogens (tertiary/aromatic N) is 2. The van der Waals surface area contributed by atoms with Crippen LogP contribution in [-0.2, 0) is 14.8 Å². The summed E-state index contributed by atoms with van der Waals surface area (Å²) in [7, 11) is 0.0459. The molecule has 1 aliphatic heterocycles. The second kappa shape index (κ2) is 8.69. The Hall–Kier alpha value is -2.16. The van der Waals surface area contributed by atoms with Crippen LogP contribution < -0.4 is 10.2 Å².